The smallest absolute Gasteiger partial charge is 0.170 e. The Kier molecular flexibility index (Phi) is 3.81. The Morgan fingerprint density at radius 1 is 1.32 bits per heavy atom. The Hall–Kier alpha value is -1.79. The van der Waals surface area contributed by atoms with Gasteiger partial charge in [0.1, 0.15) is 0 Å². The van der Waals surface area contributed by atoms with Crippen LogP contribution in [0.4, 0.5) is 0 Å². The van der Waals surface area contributed by atoms with E-state index in [2.05, 4.69) is 20.8 Å². The molecule has 1 N–H and O–H groups in total. The van der Waals surface area contributed by atoms with Crippen LogP contribution in [0.5, 0.6) is 0 Å². The first-order valence-corrected chi connectivity index (χ1v) is 6.54. The van der Waals surface area contributed by atoms with Gasteiger partial charge in [-0.15, -0.1) is 5.10 Å². The molecule has 0 spiro atoms. The van der Waals surface area contributed by atoms with E-state index in [1.807, 2.05) is 30.3 Å². The van der Waals surface area contributed by atoms with Crippen LogP contribution in [0, 0.1) is 5.92 Å². The van der Waals surface area contributed by atoms with E-state index in [-0.39, 0.29) is 0 Å². The van der Waals surface area contributed by atoms with Gasteiger partial charge < -0.3 is 10.1 Å². The zero-order chi connectivity index (χ0) is 12.9. The zero-order valence-electron chi connectivity index (χ0n) is 10.7. The molecule has 6 nitrogen and oxygen atoms in total. The summed E-state index contributed by atoms with van der Waals surface area (Å²) in [6.07, 6.45) is 1.14. The fourth-order valence-corrected chi connectivity index (χ4v) is 2.22. The molecule has 1 aromatic carbocycles. The Bertz CT molecular complexity index is 507. The summed E-state index contributed by atoms with van der Waals surface area (Å²) < 4.78 is 7.11. The Balaban J connectivity index is 1.61. The summed E-state index contributed by atoms with van der Waals surface area (Å²) in [5, 5.41) is 15.2. The van der Waals surface area contributed by atoms with Gasteiger partial charge in [0.2, 0.25) is 0 Å². The van der Waals surface area contributed by atoms with Crippen LogP contribution in [0.3, 0.4) is 0 Å². The van der Waals surface area contributed by atoms with Gasteiger partial charge in [-0.1, -0.05) is 18.2 Å². The first-order valence-electron chi connectivity index (χ1n) is 6.54. The van der Waals surface area contributed by atoms with Gasteiger partial charge >= 0.3 is 0 Å². The normalized spacial score (nSPS) is 18.8. The summed E-state index contributed by atoms with van der Waals surface area (Å²) in [4.78, 5) is 0. The molecule has 0 bridgehead atoms. The summed E-state index contributed by atoms with van der Waals surface area (Å²) in [6, 6.07) is 9.91. The van der Waals surface area contributed by atoms with Gasteiger partial charge in [0.15, 0.2) is 5.82 Å². The molecule has 1 aliphatic heterocycles. The van der Waals surface area contributed by atoms with Gasteiger partial charge in [0, 0.05) is 13.2 Å². The number of benzene rings is 1. The summed E-state index contributed by atoms with van der Waals surface area (Å²) in [6.45, 7) is 3.35. The Morgan fingerprint density at radius 3 is 3.00 bits per heavy atom. The second-order valence-electron chi connectivity index (χ2n) is 4.70. The highest BCUT2D eigenvalue weighted by Crippen LogP contribution is 2.11. The van der Waals surface area contributed by atoms with Crippen LogP contribution in [0.2, 0.25) is 0 Å². The minimum absolute atomic E-state index is 0.612. The highest BCUT2D eigenvalue weighted by Gasteiger charge is 2.15. The minimum atomic E-state index is 0.612. The summed E-state index contributed by atoms with van der Waals surface area (Å²) in [5.41, 5.74) is 0.980. The molecule has 0 saturated carbocycles. The number of ether oxygens (including phenoxy) is 1. The summed E-state index contributed by atoms with van der Waals surface area (Å²) in [7, 11) is 0. The van der Waals surface area contributed by atoms with E-state index < -0.39 is 0 Å². The molecule has 1 fully saturated rings. The van der Waals surface area contributed by atoms with E-state index in [0.29, 0.717) is 12.5 Å². The van der Waals surface area contributed by atoms with Crippen molar-refractivity contribution in [2.45, 2.75) is 13.0 Å². The molecule has 1 unspecified atom stereocenters. The van der Waals surface area contributed by atoms with Gasteiger partial charge in [-0.05, 0) is 34.9 Å². The molecular formula is C13H17N5O. The quantitative estimate of drug-likeness (QED) is 0.860. The zero-order valence-corrected chi connectivity index (χ0v) is 10.7. The maximum Gasteiger partial charge on any atom is 0.170 e. The molecule has 1 saturated heterocycles. The number of para-hydroxylation sites is 1. The lowest BCUT2D eigenvalue weighted by molar-refractivity contribution is 0.185. The number of nitrogens with zero attached hydrogens (tertiary/aromatic N) is 4. The highest BCUT2D eigenvalue weighted by molar-refractivity contribution is 5.30. The van der Waals surface area contributed by atoms with Crippen LogP contribution >= 0.6 is 0 Å². The maximum atomic E-state index is 5.35. The minimum Gasteiger partial charge on any atom is -0.381 e. The van der Waals surface area contributed by atoms with Crippen LogP contribution < -0.4 is 5.32 Å². The predicted molar refractivity (Wildman–Crippen MR) is 69.8 cm³/mol. The van der Waals surface area contributed by atoms with Gasteiger partial charge in [-0.3, -0.25) is 0 Å². The van der Waals surface area contributed by atoms with E-state index in [1.54, 1.807) is 4.68 Å². The molecule has 2 heterocycles. The molecule has 6 heteroatoms. The van der Waals surface area contributed by atoms with Gasteiger partial charge in [0.25, 0.3) is 0 Å². The van der Waals surface area contributed by atoms with Crippen molar-refractivity contribution < 1.29 is 4.74 Å². The van der Waals surface area contributed by atoms with Crippen molar-refractivity contribution in [1.82, 2.24) is 25.5 Å². The van der Waals surface area contributed by atoms with Crippen LogP contribution in [0.15, 0.2) is 30.3 Å². The highest BCUT2D eigenvalue weighted by atomic mass is 16.5. The van der Waals surface area contributed by atoms with Crippen molar-refractivity contribution in [1.29, 1.82) is 0 Å². The van der Waals surface area contributed by atoms with E-state index >= 15 is 0 Å². The molecule has 1 aromatic heterocycles. The predicted octanol–water partition coefficient (Wildman–Crippen LogP) is 0.788. The number of hydrogen-bond acceptors (Lipinski definition) is 5. The third-order valence-electron chi connectivity index (χ3n) is 3.27. The van der Waals surface area contributed by atoms with Crippen molar-refractivity contribution in [2.75, 3.05) is 19.8 Å². The third kappa shape index (κ3) is 2.97. The molecule has 0 amide bonds. The van der Waals surface area contributed by atoms with E-state index in [9.17, 15) is 0 Å². The molecule has 0 aliphatic carbocycles. The molecule has 1 aliphatic rings. The van der Waals surface area contributed by atoms with Crippen LogP contribution in [0.1, 0.15) is 12.2 Å². The standard InChI is InChI=1S/C13H17N5O/c1-2-4-12(5-3-1)18-13(15-16-17-18)9-14-8-11-6-7-19-10-11/h1-5,11,14H,6-10H2. The van der Waals surface area contributed by atoms with Crippen LogP contribution in [-0.4, -0.2) is 40.0 Å². The summed E-state index contributed by atoms with van der Waals surface area (Å²) >= 11 is 0. The fourth-order valence-electron chi connectivity index (χ4n) is 2.22. The molecular weight excluding hydrogens is 242 g/mol. The third-order valence-corrected chi connectivity index (χ3v) is 3.27. The van der Waals surface area contributed by atoms with Crippen molar-refractivity contribution in [3.63, 3.8) is 0 Å². The molecule has 1 atom stereocenters. The van der Waals surface area contributed by atoms with Crippen molar-refractivity contribution in [3.05, 3.63) is 36.2 Å². The lowest BCUT2D eigenvalue weighted by Crippen LogP contribution is -2.24. The van der Waals surface area contributed by atoms with Gasteiger partial charge in [0.05, 0.1) is 18.8 Å². The van der Waals surface area contributed by atoms with Gasteiger partial charge in [-0.2, -0.15) is 4.68 Å². The van der Waals surface area contributed by atoms with Crippen molar-refractivity contribution >= 4 is 0 Å². The fraction of sp³-hybridized carbons (Fsp3) is 0.462. The second kappa shape index (κ2) is 5.90. The monoisotopic (exact) mass is 259 g/mol. The van der Waals surface area contributed by atoms with Crippen molar-refractivity contribution in [3.8, 4) is 5.69 Å². The molecule has 3 rings (SSSR count). The number of hydrogen-bond donors (Lipinski definition) is 1. The van der Waals surface area contributed by atoms with Crippen LogP contribution in [0.25, 0.3) is 5.69 Å². The van der Waals surface area contributed by atoms with E-state index in [1.165, 1.54) is 0 Å². The molecule has 0 radical (unpaired) electrons. The Morgan fingerprint density at radius 2 is 2.21 bits per heavy atom. The van der Waals surface area contributed by atoms with Crippen LogP contribution in [-0.2, 0) is 11.3 Å². The lowest BCUT2D eigenvalue weighted by atomic mass is 10.1. The number of nitrogens with one attached hydrogen (secondary N) is 1. The topological polar surface area (TPSA) is 64.9 Å². The largest absolute Gasteiger partial charge is 0.381 e. The molecule has 2 aromatic rings. The second-order valence-corrected chi connectivity index (χ2v) is 4.70. The van der Waals surface area contributed by atoms with E-state index in [0.717, 1.165) is 37.7 Å². The first kappa shape index (κ1) is 12.3. The maximum absolute atomic E-state index is 5.35. The Labute approximate surface area is 111 Å². The number of tetrazole rings is 1. The van der Waals surface area contributed by atoms with Gasteiger partial charge in [-0.25, -0.2) is 0 Å². The first-order chi connectivity index (χ1) is 9.43. The summed E-state index contributed by atoms with van der Waals surface area (Å²) in [5.74, 6) is 1.44. The average Bonchev–Trinajstić information content (AvgIpc) is 3.11. The molecule has 19 heavy (non-hydrogen) atoms. The average molecular weight is 259 g/mol. The van der Waals surface area contributed by atoms with Crippen molar-refractivity contribution in [2.24, 2.45) is 5.92 Å². The lowest BCUT2D eigenvalue weighted by Gasteiger charge is -2.09. The number of rotatable bonds is 5. The SMILES string of the molecule is c1ccc(-n2nnnc2CNCC2CCOC2)cc1. The van der Waals surface area contributed by atoms with E-state index in [4.69, 9.17) is 4.74 Å². The number of aromatic nitrogens is 4. The molecule has 100 valence electrons.